The van der Waals surface area contributed by atoms with Gasteiger partial charge in [0.15, 0.2) is 0 Å². The van der Waals surface area contributed by atoms with Crippen LogP contribution in [0.3, 0.4) is 0 Å². The lowest BCUT2D eigenvalue weighted by molar-refractivity contribution is -0.135. The minimum Gasteiger partial charge on any atom is -0.493 e. The molecule has 0 radical (unpaired) electrons. The number of halogens is 1. The minimum atomic E-state index is 0. The molecule has 4 nitrogen and oxygen atoms in total. The van der Waals surface area contributed by atoms with Gasteiger partial charge in [-0.2, -0.15) is 0 Å². The fourth-order valence-electron chi connectivity index (χ4n) is 3.38. The molecule has 5 heteroatoms. The van der Waals surface area contributed by atoms with Crippen molar-refractivity contribution in [2.45, 2.75) is 71.4 Å². The quantitative estimate of drug-likeness (QED) is 0.740. The van der Waals surface area contributed by atoms with Crippen LogP contribution in [0.2, 0.25) is 0 Å². The van der Waals surface area contributed by atoms with Crippen LogP contribution < -0.4 is 10.5 Å². The zero-order chi connectivity index (χ0) is 17.5. The van der Waals surface area contributed by atoms with E-state index in [9.17, 15) is 4.79 Å². The van der Waals surface area contributed by atoms with E-state index in [0.29, 0.717) is 13.0 Å². The van der Waals surface area contributed by atoms with Crippen molar-refractivity contribution in [3.05, 3.63) is 29.3 Å². The number of amides is 1. The Bertz CT molecular complexity index is 548. The third-order valence-electron chi connectivity index (χ3n) is 4.86. The van der Waals surface area contributed by atoms with Gasteiger partial charge in [0.1, 0.15) is 5.75 Å². The summed E-state index contributed by atoms with van der Waals surface area (Å²) in [6.45, 7) is 7.66. The summed E-state index contributed by atoms with van der Waals surface area (Å²) in [5.74, 6) is 1.21. The van der Waals surface area contributed by atoms with Gasteiger partial charge in [-0.25, -0.2) is 0 Å². The molecule has 0 aromatic heterocycles. The molecule has 2 unspecified atom stereocenters. The smallest absolute Gasteiger partial charge is 0.222 e. The number of likely N-dealkylation sites (tertiary alicyclic amines) is 1. The highest BCUT2D eigenvalue weighted by atomic mass is 35.5. The number of aryl methyl sites for hydroxylation is 2. The molecule has 2 rings (SSSR count). The van der Waals surface area contributed by atoms with Gasteiger partial charge in [-0.3, -0.25) is 4.79 Å². The Balaban J connectivity index is 0.00000312. The Labute approximate surface area is 158 Å². The Hall–Kier alpha value is -1.26. The van der Waals surface area contributed by atoms with Crippen molar-refractivity contribution in [3.63, 3.8) is 0 Å². The second-order valence-corrected chi connectivity index (χ2v) is 7.08. The largest absolute Gasteiger partial charge is 0.493 e. The van der Waals surface area contributed by atoms with Crippen LogP contribution in [0.5, 0.6) is 5.75 Å². The Morgan fingerprint density at radius 2 is 2.08 bits per heavy atom. The van der Waals surface area contributed by atoms with Crippen molar-refractivity contribution in [2.75, 3.05) is 13.2 Å². The average Bonchev–Trinajstić information content (AvgIpc) is 2.57. The van der Waals surface area contributed by atoms with E-state index in [1.807, 2.05) is 11.8 Å². The van der Waals surface area contributed by atoms with E-state index in [1.54, 1.807) is 0 Å². The standard InChI is InChI=1S/C20H32N2O2.ClH/c1-15-10-11-16(2)19(14-15)24-13-7-5-9-20(23)22-12-6-4-8-18(22)17(3)21;/h10-11,14,17-18H,4-9,12-13,21H2,1-3H3;1H. The first kappa shape index (κ1) is 21.8. The van der Waals surface area contributed by atoms with E-state index in [1.165, 1.54) is 12.0 Å². The lowest BCUT2D eigenvalue weighted by Crippen LogP contribution is -2.51. The van der Waals surface area contributed by atoms with Gasteiger partial charge in [0.05, 0.1) is 6.61 Å². The van der Waals surface area contributed by atoms with Crippen LogP contribution in [-0.2, 0) is 4.79 Å². The number of benzene rings is 1. The number of rotatable bonds is 7. The van der Waals surface area contributed by atoms with Crippen LogP contribution in [0.1, 0.15) is 56.6 Å². The fraction of sp³-hybridized carbons (Fsp3) is 0.650. The molecule has 2 N–H and O–H groups in total. The molecule has 0 bridgehead atoms. The van der Waals surface area contributed by atoms with Crippen LogP contribution in [0, 0.1) is 13.8 Å². The summed E-state index contributed by atoms with van der Waals surface area (Å²) in [6.07, 6.45) is 5.69. The fourth-order valence-corrected chi connectivity index (χ4v) is 3.38. The summed E-state index contributed by atoms with van der Waals surface area (Å²) >= 11 is 0. The van der Waals surface area contributed by atoms with Crippen molar-refractivity contribution >= 4 is 18.3 Å². The predicted molar refractivity (Wildman–Crippen MR) is 106 cm³/mol. The summed E-state index contributed by atoms with van der Waals surface area (Å²) in [6, 6.07) is 6.52. The molecule has 1 fully saturated rings. The molecule has 0 saturated carbocycles. The topological polar surface area (TPSA) is 55.6 Å². The lowest BCUT2D eigenvalue weighted by Gasteiger charge is -2.38. The molecule has 142 valence electrons. The molecule has 25 heavy (non-hydrogen) atoms. The third kappa shape index (κ3) is 6.52. The van der Waals surface area contributed by atoms with Gasteiger partial charge in [-0.1, -0.05) is 12.1 Å². The maximum absolute atomic E-state index is 12.5. The molecule has 1 aromatic rings. The highest BCUT2D eigenvalue weighted by Gasteiger charge is 2.28. The van der Waals surface area contributed by atoms with Crippen molar-refractivity contribution < 1.29 is 9.53 Å². The molecule has 1 saturated heterocycles. The predicted octanol–water partition coefficient (Wildman–Crippen LogP) is 4.00. The van der Waals surface area contributed by atoms with Gasteiger partial charge in [0.25, 0.3) is 0 Å². The summed E-state index contributed by atoms with van der Waals surface area (Å²) in [5, 5.41) is 0. The van der Waals surface area contributed by atoms with Crippen LogP contribution in [0.4, 0.5) is 0 Å². The maximum atomic E-state index is 12.5. The Morgan fingerprint density at radius 1 is 1.32 bits per heavy atom. The van der Waals surface area contributed by atoms with Crippen LogP contribution >= 0.6 is 12.4 Å². The van der Waals surface area contributed by atoms with E-state index >= 15 is 0 Å². The van der Waals surface area contributed by atoms with Crippen LogP contribution in [0.25, 0.3) is 0 Å². The number of nitrogens with zero attached hydrogens (tertiary/aromatic N) is 1. The molecule has 1 aliphatic rings. The van der Waals surface area contributed by atoms with Crippen LogP contribution in [0.15, 0.2) is 18.2 Å². The first-order valence-electron chi connectivity index (χ1n) is 9.24. The molecule has 2 atom stereocenters. The third-order valence-corrected chi connectivity index (χ3v) is 4.86. The SMILES string of the molecule is Cc1ccc(C)c(OCCCCC(=O)N2CCCCC2C(C)N)c1.Cl. The number of nitrogens with two attached hydrogens (primary N) is 1. The number of piperidine rings is 1. The first-order chi connectivity index (χ1) is 11.5. The van der Waals surface area contributed by atoms with Gasteiger partial charge in [0.2, 0.25) is 5.91 Å². The Kier molecular flexibility index (Phi) is 9.30. The number of carbonyl (C=O) groups is 1. The summed E-state index contributed by atoms with van der Waals surface area (Å²) in [4.78, 5) is 14.5. The molecule has 1 aliphatic heterocycles. The molecule has 0 aliphatic carbocycles. The van der Waals surface area contributed by atoms with Crippen molar-refractivity contribution in [1.82, 2.24) is 4.90 Å². The average molecular weight is 369 g/mol. The van der Waals surface area contributed by atoms with Crippen molar-refractivity contribution in [3.8, 4) is 5.75 Å². The molecular formula is C20H33ClN2O2. The van der Waals surface area contributed by atoms with E-state index < -0.39 is 0 Å². The van der Waals surface area contributed by atoms with Crippen molar-refractivity contribution in [2.24, 2.45) is 5.73 Å². The second kappa shape index (κ2) is 10.7. The Morgan fingerprint density at radius 3 is 2.80 bits per heavy atom. The molecule has 1 heterocycles. The highest BCUT2D eigenvalue weighted by molar-refractivity contribution is 5.85. The number of hydrogen-bond donors (Lipinski definition) is 1. The zero-order valence-electron chi connectivity index (χ0n) is 15.8. The minimum absolute atomic E-state index is 0. The highest BCUT2D eigenvalue weighted by Crippen LogP contribution is 2.21. The molecule has 0 spiro atoms. The lowest BCUT2D eigenvalue weighted by atomic mass is 9.96. The van der Waals surface area contributed by atoms with Gasteiger partial charge >= 0.3 is 0 Å². The first-order valence-corrected chi connectivity index (χ1v) is 9.24. The van der Waals surface area contributed by atoms with Crippen molar-refractivity contribution in [1.29, 1.82) is 0 Å². The number of ether oxygens (including phenoxy) is 1. The van der Waals surface area contributed by atoms with E-state index in [2.05, 4.69) is 32.0 Å². The van der Waals surface area contributed by atoms with Gasteiger partial charge < -0.3 is 15.4 Å². The summed E-state index contributed by atoms with van der Waals surface area (Å²) < 4.78 is 5.86. The summed E-state index contributed by atoms with van der Waals surface area (Å²) in [7, 11) is 0. The second-order valence-electron chi connectivity index (χ2n) is 7.08. The van der Waals surface area contributed by atoms with E-state index in [4.69, 9.17) is 10.5 Å². The van der Waals surface area contributed by atoms with Gasteiger partial charge in [0, 0.05) is 25.0 Å². The normalized spacial score (nSPS) is 18.4. The number of unbranched alkanes of at least 4 members (excludes halogenated alkanes) is 1. The van der Waals surface area contributed by atoms with E-state index in [-0.39, 0.29) is 30.4 Å². The van der Waals surface area contributed by atoms with Crippen LogP contribution in [-0.4, -0.2) is 36.0 Å². The maximum Gasteiger partial charge on any atom is 0.222 e. The molecular weight excluding hydrogens is 336 g/mol. The molecule has 1 amide bonds. The monoisotopic (exact) mass is 368 g/mol. The van der Waals surface area contributed by atoms with Gasteiger partial charge in [-0.15, -0.1) is 12.4 Å². The molecule has 1 aromatic carbocycles. The number of carbonyl (C=O) groups excluding carboxylic acids is 1. The number of hydrogen-bond acceptors (Lipinski definition) is 3. The summed E-state index contributed by atoms with van der Waals surface area (Å²) in [5.41, 5.74) is 8.41. The van der Waals surface area contributed by atoms with E-state index in [0.717, 1.165) is 43.5 Å². The zero-order valence-corrected chi connectivity index (χ0v) is 16.6. The van der Waals surface area contributed by atoms with Gasteiger partial charge in [-0.05, 0) is 70.1 Å².